The highest BCUT2D eigenvalue weighted by molar-refractivity contribution is 7.22. The molecule has 1 aromatic carbocycles. The van der Waals surface area contributed by atoms with Crippen LogP contribution in [0.2, 0.25) is 10.0 Å². The van der Waals surface area contributed by atoms with Crippen molar-refractivity contribution in [2.75, 3.05) is 17.3 Å². The van der Waals surface area contributed by atoms with Crippen molar-refractivity contribution in [3.8, 4) is 0 Å². The number of nitrogens with one attached hydrogen (secondary N) is 1. The monoisotopic (exact) mass is 412 g/mol. The number of halogens is 2. The van der Waals surface area contributed by atoms with Crippen molar-refractivity contribution in [1.82, 2.24) is 0 Å². The normalized spacial score (nSPS) is 10.7. The molecule has 7 nitrogen and oxygen atoms in total. The van der Waals surface area contributed by atoms with Crippen LogP contribution in [0.4, 0.5) is 15.5 Å². The molecule has 26 heavy (non-hydrogen) atoms. The minimum absolute atomic E-state index is 0.199. The third kappa shape index (κ3) is 3.67. The molecule has 0 fully saturated rings. The Morgan fingerprint density at radius 1 is 1.15 bits per heavy atom. The van der Waals surface area contributed by atoms with Crippen molar-refractivity contribution in [1.29, 1.82) is 0 Å². The highest BCUT2D eigenvalue weighted by Gasteiger charge is 2.18. The second-order valence-corrected chi connectivity index (χ2v) is 7.15. The number of carboxylic acids is 1. The Balaban J connectivity index is 1.89. The number of carboxylic acid groups (broad SMARTS) is 1. The number of carbonyl (C=O) groups excluding carboxylic acids is 1. The second-order valence-electron chi connectivity index (χ2n) is 5.21. The lowest BCUT2D eigenvalue weighted by molar-refractivity contribution is 0.0692. The van der Waals surface area contributed by atoms with E-state index < -0.39 is 23.2 Å². The zero-order valence-corrected chi connectivity index (χ0v) is 15.4. The van der Waals surface area contributed by atoms with Crippen molar-refractivity contribution in [2.24, 2.45) is 0 Å². The van der Waals surface area contributed by atoms with Crippen LogP contribution < -0.4 is 15.8 Å². The van der Waals surface area contributed by atoms with Crippen LogP contribution in [-0.2, 0) is 0 Å². The number of benzene rings is 1. The molecule has 0 aliphatic carbocycles. The maximum atomic E-state index is 12.4. The van der Waals surface area contributed by atoms with Crippen molar-refractivity contribution in [3.05, 3.63) is 56.4 Å². The Kier molecular flexibility index (Phi) is 4.90. The van der Waals surface area contributed by atoms with E-state index >= 15 is 0 Å². The molecule has 0 atom stereocenters. The van der Waals surface area contributed by atoms with Crippen LogP contribution in [-0.4, -0.2) is 24.2 Å². The number of fused-ring (bicyclic) bond motifs is 1. The molecule has 10 heteroatoms. The molecule has 0 radical (unpaired) electrons. The van der Waals surface area contributed by atoms with Gasteiger partial charge in [0.15, 0.2) is 5.58 Å². The average molecular weight is 413 g/mol. The molecule has 0 saturated carbocycles. The number of urea groups is 1. The van der Waals surface area contributed by atoms with E-state index in [-0.39, 0.29) is 5.58 Å². The summed E-state index contributed by atoms with van der Waals surface area (Å²) in [6.45, 7) is 0. The Morgan fingerprint density at radius 3 is 2.42 bits per heavy atom. The lowest BCUT2D eigenvalue weighted by Crippen LogP contribution is -2.30. The van der Waals surface area contributed by atoms with Crippen LogP contribution in [0.5, 0.6) is 0 Å². The topological polar surface area (TPSA) is 99.9 Å². The van der Waals surface area contributed by atoms with E-state index in [0.29, 0.717) is 25.4 Å². The van der Waals surface area contributed by atoms with Gasteiger partial charge in [0, 0.05) is 28.8 Å². The highest BCUT2D eigenvalue weighted by Crippen LogP contribution is 2.32. The van der Waals surface area contributed by atoms with Gasteiger partial charge < -0.3 is 14.8 Å². The van der Waals surface area contributed by atoms with Crippen LogP contribution >= 0.6 is 34.5 Å². The molecule has 2 N–H and O–H groups in total. The lowest BCUT2D eigenvalue weighted by Gasteiger charge is -2.16. The summed E-state index contributed by atoms with van der Waals surface area (Å²) in [5, 5.41) is 12.8. The minimum atomic E-state index is -1.38. The van der Waals surface area contributed by atoms with Gasteiger partial charge in [0.05, 0.1) is 4.70 Å². The van der Waals surface area contributed by atoms with Crippen molar-refractivity contribution >= 4 is 67.5 Å². The quantitative estimate of drug-likeness (QED) is 0.657. The number of rotatable bonds is 3. The number of amides is 2. The maximum Gasteiger partial charge on any atom is 0.351 e. The van der Waals surface area contributed by atoms with E-state index in [2.05, 4.69) is 5.32 Å². The van der Waals surface area contributed by atoms with Gasteiger partial charge in [-0.25, -0.2) is 14.4 Å². The molecule has 2 amide bonds. The number of nitrogens with zero attached hydrogens (tertiary/aromatic N) is 1. The first kappa shape index (κ1) is 18.2. The lowest BCUT2D eigenvalue weighted by atomic mass is 10.3. The maximum absolute atomic E-state index is 12.4. The first-order valence-electron chi connectivity index (χ1n) is 7.06. The van der Waals surface area contributed by atoms with Crippen molar-refractivity contribution in [2.45, 2.75) is 0 Å². The van der Waals surface area contributed by atoms with E-state index in [9.17, 15) is 14.4 Å². The Bertz CT molecular complexity index is 1070. The molecule has 0 unspecified atom stereocenters. The fraction of sp³-hybridized carbons (Fsp3) is 0.0625. The van der Waals surface area contributed by atoms with Crippen LogP contribution in [0.1, 0.15) is 10.4 Å². The predicted octanol–water partition coefficient (Wildman–Crippen LogP) is 4.53. The van der Waals surface area contributed by atoms with Gasteiger partial charge in [-0.2, -0.15) is 0 Å². The van der Waals surface area contributed by atoms with Gasteiger partial charge in [0.2, 0.25) is 0 Å². The second kappa shape index (κ2) is 6.99. The molecule has 2 aromatic heterocycles. The number of hydrogen-bond donors (Lipinski definition) is 2. The number of aromatic carboxylic acids is 1. The van der Waals surface area contributed by atoms with E-state index in [1.54, 1.807) is 12.1 Å². The molecule has 0 bridgehead atoms. The SMILES string of the molecule is CN(C(=O)Nc1cc(Cl)cc(Cl)c1)c1cc2oc(=O)c(C(=O)O)cc2s1. The third-order valence-corrected chi connectivity index (χ3v) is 4.97. The van der Waals surface area contributed by atoms with E-state index in [1.165, 1.54) is 30.1 Å². The zero-order chi connectivity index (χ0) is 19.0. The van der Waals surface area contributed by atoms with Crippen LogP contribution in [0, 0.1) is 0 Å². The first-order valence-corrected chi connectivity index (χ1v) is 8.63. The molecule has 3 rings (SSSR count). The Labute approximate surface area is 160 Å². The van der Waals surface area contributed by atoms with Gasteiger partial charge >= 0.3 is 17.6 Å². The molecule has 0 saturated heterocycles. The summed E-state index contributed by atoms with van der Waals surface area (Å²) in [6, 6.07) is 6.86. The summed E-state index contributed by atoms with van der Waals surface area (Å²) >= 11 is 12.9. The van der Waals surface area contributed by atoms with Crippen LogP contribution in [0.15, 0.2) is 39.5 Å². The fourth-order valence-electron chi connectivity index (χ4n) is 2.15. The van der Waals surface area contributed by atoms with Gasteiger partial charge in [0.1, 0.15) is 10.6 Å². The number of anilines is 2. The van der Waals surface area contributed by atoms with Crippen molar-refractivity contribution < 1.29 is 19.1 Å². The fourth-order valence-corrected chi connectivity index (χ4v) is 3.66. The molecule has 0 spiro atoms. The minimum Gasteiger partial charge on any atom is -0.477 e. The summed E-state index contributed by atoms with van der Waals surface area (Å²) in [7, 11) is 1.52. The first-order chi connectivity index (χ1) is 12.2. The van der Waals surface area contributed by atoms with Gasteiger partial charge in [-0.1, -0.05) is 23.2 Å². The summed E-state index contributed by atoms with van der Waals surface area (Å²) < 4.78 is 5.43. The van der Waals surface area contributed by atoms with Crippen molar-refractivity contribution in [3.63, 3.8) is 0 Å². The van der Waals surface area contributed by atoms with Crippen LogP contribution in [0.3, 0.4) is 0 Å². The Morgan fingerprint density at radius 2 is 1.81 bits per heavy atom. The highest BCUT2D eigenvalue weighted by atomic mass is 35.5. The molecule has 134 valence electrons. The molecule has 2 heterocycles. The summed E-state index contributed by atoms with van der Waals surface area (Å²) in [4.78, 5) is 36.3. The number of hydrogen-bond acceptors (Lipinski definition) is 5. The Hall–Kier alpha value is -2.55. The molecule has 0 aliphatic heterocycles. The van der Waals surface area contributed by atoms with Gasteiger partial charge in [0.25, 0.3) is 0 Å². The molecule has 0 aliphatic rings. The predicted molar refractivity (Wildman–Crippen MR) is 101 cm³/mol. The van der Waals surface area contributed by atoms with E-state index in [1.807, 2.05) is 0 Å². The largest absolute Gasteiger partial charge is 0.477 e. The summed E-state index contributed by atoms with van der Waals surface area (Å²) in [5.41, 5.74) is -0.799. The van der Waals surface area contributed by atoms with E-state index in [4.69, 9.17) is 32.7 Å². The smallest absolute Gasteiger partial charge is 0.351 e. The number of thiophene rings is 1. The van der Waals surface area contributed by atoms with E-state index in [0.717, 1.165) is 11.3 Å². The van der Waals surface area contributed by atoms with Gasteiger partial charge in [-0.15, -0.1) is 11.3 Å². The summed E-state index contributed by atoms with van der Waals surface area (Å²) in [6.07, 6.45) is 0. The van der Waals surface area contributed by atoms with Gasteiger partial charge in [-0.05, 0) is 24.3 Å². The summed E-state index contributed by atoms with van der Waals surface area (Å²) in [5.74, 6) is -1.38. The number of carbonyl (C=O) groups is 2. The average Bonchev–Trinajstić information content (AvgIpc) is 2.94. The third-order valence-electron chi connectivity index (χ3n) is 3.39. The zero-order valence-electron chi connectivity index (χ0n) is 13.1. The molecular weight excluding hydrogens is 403 g/mol. The molecular formula is C16H10Cl2N2O5S. The molecule has 3 aromatic rings. The standard InChI is InChI=1S/C16H10Cl2N2O5S/c1-20(16(24)19-9-3-7(17)2-8(18)4-9)13-6-11-12(26-13)5-10(14(21)22)15(23)25-11/h2-6H,1H3,(H,19,24)(H,21,22). The van der Waals surface area contributed by atoms with Gasteiger partial charge in [-0.3, -0.25) is 4.90 Å². The van der Waals surface area contributed by atoms with Crippen LogP contribution in [0.25, 0.3) is 10.3 Å².